The zero-order valence-corrected chi connectivity index (χ0v) is 16.9. The lowest BCUT2D eigenvalue weighted by Gasteiger charge is -2.38. The van der Waals surface area contributed by atoms with Crippen molar-refractivity contribution in [1.29, 1.82) is 0 Å². The number of aromatic nitrogens is 4. The second-order valence-corrected chi connectivity index (χ2v) is 7.60. The maximum absolute atomic E-state index is 13.3. The van der Waals surface area contributed by atoms with E-state index in [4.69, 9.17) is 0 Å². The fraction of sp³-hybridized carbons (Fsp3) is 0.364. The maximum Gasteiger partial charge on any atom is 0.248 e. The third kappa shape index (κ3) is 4.29. The highest BCUT2D eigenvalue weighted by Crippen LogP contribution is 2.24. The highest BCUT2D eigenvalue weighted by molar-refractivity contribution is 5.81. The van der Waals surface area contributed by atoms with Crippen LogP contribution in [0, 0.1) is 13.8 Å². The van der Waals surface area contributed by atoms with Gasteiger partial charge in [0.25, 0.3) is 0 Å². The van der Waals surface area contributed by atoms with Crippen molar-refractivity contribution in [3.8, 4) is 0 Å². The molecule has 0 aliphatic carbocycles. The van der Waals surface area contributed by atoms with E-state index in [2.05, 4.69) is 52.5 Å². The molecule has 0 N–H and O–H groups in total. The molecule has 2 aromatic carbocycles. The first-order valence-electron chi connectivity index (χ1n) is 9.99. The minimum Gasteiger partial charge on any atom is -0.368 e. The number of aryl methyl sites for hydroxylation is 2. The lowest BCUT2D eigenvalue weighted by Crippen LogP contribution is -2.51. The van der Waals surface area contributed by atoms with E-state index in [1.165, 1.54) is 23.1 Å². The van der Waals surface area contributed by atoms with Crippen molar-refractivity contribution in [3.05, 3.63) is 71.5 Å². The Morgan fingerprint density at radius 2 is 1.79 bits per heavy atom. The molecule has 1 atom stereocenters. The van der Waals surface area contributed by atoms with Crippen LogP contribution in [0.4, 0.5) is 5.69 Å². The predicted molar refractivity (Wildman–Crippen MR) is 112 cm³/mol. The van der Waals surface area contributed by atoms with Gasteiger partial charge in [0.05, 0.1) is 0 Å². The molecule has 1 fully saturated rings. The van der Waals surface area contributed by atoms with E-state index in [0.29, 0.717) is 19.5 Å². The molecule has 1 aliphatic heterocycles. The minimum absolute atomic E-state index is 0.0708. The van der Waals surface area contributed by atoms with Gasteiger partial charge >= 0.3 is 0 Å². The summed E-state index contributed by atoms with van der Waals surface area (Å²) in [5, 5.41) is 11.5. The molecule has 3 aromatic rings. The van der Waals surface area contributed by atoms with Gasteiger partial charge in [0, 0.05) is 38.3 Å². The maximum atomic E-state index is 13.3. The van der Waals surface area contributed by atoms with Crippen LogP contribution in [-0.2, 0) is 11.2 Å². The molecule has 4 rings (SSSR count). The first kappa shape index (κ1) is 19.1. The Bertz CT molecular complexity index is 949. The Morgan fingerprint density at radius 3 is 2.45 bits per heavy atom. The van der Waals surface area contributed by atoms with E-state index >= 15 is 0 Å². The van der Waals surface area contributed by atoms with Crippen LogP contribution in [0.1, 0.15) is 22.7 Å². The van der Waals surface area contributed by atoms with Gasteiger partial charge in [-0.3, -0.25) is 4.79 Å². The number of piperazine rings is 1. The molecule has 7 nitrogen and oxygen atoms in total. The summed E-state index contributed by atoms with van der Waals surface area (Å²) in [6, 6.07) is 16.1. The number of benzene rings is 2. The third-order valence-corrected chi connectivity index (χ3v) is 5.53. The Balaban J connectivity index is 1.46. The zero-order valence-electron chi connectivity index (χ0n) is 16.9. The fourth-order valence-electron chi connectivity index (χ4n) is 3.98. The minimum atomic E-state index is -0.430. The van der Waals surface area contributed by atoms with Crippen LogP contribution >= 0.6 is 0 Å². The topological polar surface area (TPSA) is 67.2 Å². The Hall–Kier alpha value is -3.22. The third-order valence-electron chi connectivity index (χ3n) is 5.53. The molecule has 2 heterocycles. The van der Waals surface area contributed by atoms with Crippen LogP contribution in [0.15, 0.2) is 54.9 Å². The van der Waals surface area contributed by atoms with Crippen LogP contribution in [0.3, 0.4) is 0 Å². The van der Waals surface area contributed by atoms with Crippen molar-refractivity contribution in [2.45, 2.75) is 26.3 Å². The van der Waals surface area contributed by atoms with Gasteiger partial charge in [-0.05, 0) is 41.5 Å². The van der Waals surface area contributed by atoms with Gasteiger partial charge in [-0.25, -0.2) is 4.68 Å². The summed E-state index contributed by atoms with van der Waals surface area (Å²) in [5.41, 5.74) is 4.89. The number of carbonyl (C=O) groups excluding carboxylic acids is 1. The number of hydrogen-bond acceptors (Lipinski definition) is 5. The fourth-order valence-corrected chi connectivity index (χ4v) is 3.98. The van der Waals surface area contributed by atoms with E-state index in [9.17, 15) is 4.79 Å². The summed E-state index contributed by atoms with van der Waals surface area (Å²) in [6.07, 6.45) is 2.10. The Kier molecular flexibility index (Phi) is 5.55. The van der Waals surface area contributed by atoms with E-state index in [1.54, 1.807) is 4.68 Å². The van der Waals surface area contributed by atoms with Crippen LogP contribution in [0.25, 0.3) is 0 Å². The smallest absolute Gasteiger partial charge is 0.248 e. The lowest BCUT2D eigenvalue weighted by molar-refractivity contribution is -0.135. The van der Waals surface area contributed by atoms with Gasteiger partial charge in [0.1, 0.15) is 12.4 Å². The first-order chi connectivity index (χ1) is 14.1. The molecule has 7 heteroatoms. The summed E-state index contributed by atoms with van der Waals surface area (Å²) in [7, 11) is 0. The number of rotatable bonds is 5. The molecule has 0 radical (unpaired) electrons. The molecule has 29 heavy (non-hydrogen) atoms. The highest BCUT2D eigenvalue weighted by atomic mass is 16.2. The van der Waals surface area contributed by atoms with Gasteiger partial charge < -0.3 is 9.80 Å². The van der Waals surface area contributed by atoms with E-state index in [1.807, 2.05) is 35.2 Å². The SMILES string of the molecule is Cc1ccc(N2CCN(C(=O)[C@H](Cc3ccccc3)n3cnnn3)CC2)c(C)c1. The van der Waals surface area contributed by atoms with Crippen LogP contribution in [0.2, 0.25) is 0 Å². The number of nitrogens with zero attached hydrogens (tertiary/aromatic N) is 6. The van der Waals surface area contributed by atoms with Crippen molar-refractivity contribution in [2.24, 2.45) is 0 Å². The van der Waals surface area contributed by atoms with E-state index in [-0.39, 0.29) is 5.91 Å². The van der Waals surface area contributed by atoms with Crippen molar-refractivity contribution in [1.82, 2.24) is 25.1 Å². The summed E-state index contributed by atoms with van der Waals surface area (Å²) >= 11 is 0. The van der Waals surface area contributed by atoms with E-state index in [0.717, 1.165) is 18.7 Å². The van der Waals surface area contributed by atoms with Gasteiger partial charge in [0.2, 0.25) is 5.91 Å². The normalized spacial score (nSPS) is 15.4. The molecule has 0 spiro atoms. The molecule has 1 saturated heterocycles. The number of tetrazole rings is 1. The average molecular weight is 390 g/mol. The first-order valence-corrected chi connectivity index (χ1v) is 9.99. The Morgan fingerprint density at radius 1 is 1.03 bits per heavy atom. The van der Waals surface area contributed by atoms with E-state index < -0.39 is 6.04 Å². The largest absolute Gasteiger partial charge is 0.368 e. The van der Waals surface area contributed by atoms with Gasteiger partial charge in [-0.15, -0.1) is 5.10 Å². The van der Waals surface area contributed by atoms with Crippen molar-refractivity contribution < 1.29 is 4.79 Å². The molecule has 1 aromatic heterocycles. The second-order valence-electron chi connectivity index (χ2n) is 7.60. The molecule has 150 valence electrons. The number of amides is 1. The molecular formula is C22H26N6O. The average Bonchev–Trinajstić information content (AvgIpc) is 3.27. The van der Waals surface area contributed by atoms with Crippen LogP contribution in [-0.4, -0.2) is 57.2 Å². The van der Waals surface area contributed by atoms with Crippen molar-refractivity contribution in [3.63, 3.8) is 0 Å². The summed E-state index contributed by atoms with van der Waals surface area (Å²) in [4.78, 5) is 17.6. The number of hydrogen-bond donors (Lipinski definition) is 0. The van der Waals surface area contributed by atoms with Gasteiger partial charge in [-0.2, -0.15) is 0 Å². The highest BCUT2D eigenvalue weighted by Gasteiger charge is 2.30. The van der Waals surface area contributed by atoms with Gasteiger partial charge in [0.15, 0.2) is 0 Å². The standard InChI is InChI=1S/C22H26N6O/c1-17-8-9-20(18(2)14-17)26-10-12-27(13-11-26)22(29)21(28-16-23-24-25-28)15-19-6-4-3-5-7-19/h3-9,14,16,21H,10-13,15H2,1-2H3/t21-/m0/s1. The molecule has 0 unspecified atom stereocenters. The molecule has 0 saturated carbocycles. The van der Waals surface area contributed by atoms with Crippen LogP contribution in [0.5, 0.6) is 0 Å². The van der Waals surface area contributed by atoms with Crippen molar-refractivity contribution >= 4 is 11.6 Å². The lowest BCUT2D eigenvalue weighted by atomic mass is 10.0. The molecule has 1 aliphatic rings. The van der Waals surface area contributed by atoms with Crippen LogP contribution < -0.4 is 4.90 Å². The Labute approximate surface area is 170 Å². The zero-order chi connectivity index (χ0) is 20.2. The number of anilines is 1. The molecule has 0 bridgehead atoms. The molecular weight excluding hydrogens is 364 g/mol. The quantitative estimate of drug-likeness (QED) is 0.669. The molecule has 1 amide bonds. The second kappa shape index (κ2) is 8.43. The monoisotopic (exact) mass is 390 g/mol. The summed E-state index contributed by atoms with van der Waals surface area (Å²) in [5.74, 6) is 0.0708. The summed E-state index contributed by atoms with van der Waals surface area (Å²) in [6.45, 7) is 7.29. The van der Waals surface area contributed by atoms with Gasteiger partial charge in [-0.1, -0.05) is 48.0 Å². The summed E-state index contributed by atoms with van der Waals surface area (Å²) < 4.78 is 1.58. The van der Waals surface area contributed by atoms with Crippen molar-refractivity contribution in [2.75, 3.05) is 31.1 Å². The number of carbonyl (C=O) groups is 1. The predicted octanol–water partition coefficient (Wildman–Crippen LogP) is 2.42.